The first-order valence-electron chi connectivity index (χ1n) is 7.19. The van der Waals surface area contributed by atoms with Gasteiger partial charge in [0, 0.05) is 19.6 Å². The Balaban J connectivity index is 2.68. The summed E-state index contributed by atoms with van der Waals surface area (Å²) in [5.74, 6) is 0. The second-order valence-electron chi connectivity index (χ2n) is 5.41. The van der Waals surface area contributed by atoms with Crippen LogP contribution in [0.1, 0.15) is 34.8 Å². The fourth-order valence-corrected chi connectivity index (χ4v) is 2.78. The maximum atomic E-state index is 10.4. The van der Waals surface area contributed by atoms with Gasteiger partial charge >= 0.3 is 0 Å². The van der Waals surface area contributed by atoms with Gasteiger partial charge in [0.05, 0.1) is 19.3 Å². The summed E-state index contributed by atoms with van der Waals surface area (Å²) in [4.78, 5) is 1.96. The van der Waals surface area contributed by atoms with Crippen molar-refractivity contribution >= 4 is 0 Å². The minimum absolute atomic E-state index is 0.0681. The molecule has 1 atom stereocenters. The van der Waals surface area contributed by atoms with E-state index in [2.05, 4.69) is 19.1 Å². The van der Waals surface area contributed by atoms with Crippen molar-refractivity contribution in [2.45, 2.75) is 33.3 Å². The lowest BCUT2D eigenvalue weighted by Crippen LogP contribution is -2.31. The number of aliphatic hydroxyl groups excluding tert-OH is 3. The summed E-state index contributed by atoms with van der Waals surface area (Å²) in [6, 6.07) is 4.18. The maximum Gasteiger partial charge on any atom is 0.0807 e. The zero-order valence-corrected chi connectivity index (χ0v) is 12.8. The van der Waals surface area contributed by atoms with Gasteiger partial charge in [-0.2, -0.15) is 0 Å². The lowest BCUT2D eigenvalue weighted by atomic mass is 9.94. The van der Waals surface area contributed by atoms with Gasteiger partial charge in [-0.1, -0.05) is 17.7 Å². The summed E-state index contributed by atoms with van der Waals surface area (Å²) < 4.78 is 0. The quantitative estimate of drug-likeness (QED) is 0.672. The largest absolute Gasteiger partial charge is 0.395 e. The van der Waals surface area contributed by atoms with Gasteiger partial charge in [-0.15, -0.1) is 0 Å². The van der Waals surface area contributed by atoms with Gasteiger partial charge in [-0.3, -0.25) is 4.90 Å². The van der Waals surface area contributed by atoms with Gasteiger partial charge in [0.1, 0.15) is 0 Å². The monoisotopic (exact) mass is 281 g/mol. The molecule has 0 fully saturated rings. The van der Waals surface area contributed by atoms with Crippen LogP contribution in [0.3, 0.4) is 0 Å². The van der Waals surface area contributed by atoms with Crippen molar-refractivity contribution in [3.63, 3.8) is 0 Å². The molecular weight excluding hydrogens is 254 g/mol. The van der Waals surface area contributed by atoms with E-state index < -0.39 is 6.10 Å². The topological polar surface area (TPSA) is 63.9 Å². The van der Waals surface area contributed by atoms with Crippen molar-refractivity contribution in [3.8, 4) is 0 Å². The van der Waals surface area contributed by atoms with Gasteiger partial charge in [0.15, 0.2) is 0 Å². The Morgan fingerprint density at radius 1 is 0.950 bits per heavy atom. The molecule has 1 aromatic rings. The molecular formula is C16H27NO3. The predicted molar refractivity (Wildman–Crippen MR) is 80.8 cm³/mol. The summed E-state index contributed by atoms with van der Waals surface area (Å²) in [5, 5.41) is 28.4. The van der Waals surface area contributed by atoms with Crippen LogP contribution in [0.2, 0.25) is 0 Å². The third-order valence-corrected chi connectivity index (χ3v) is 3.62. The summed E-state index contributed by atoms with van der Waals surface area (Å²) in [5.41, 5.74) is 4.44. The average molecular weight is 281 g/mol. The van der Waals surface area contributed by atoms with Crippen LogP contribution in [-0.2, 0) is 0 Å². The summed E-state index contributed by atoms with van der Waals surface area (Å²) in [7, 11) is 0. The molecule has 0 aliphatic carbocycles. The van der Waals surface area contributed by atoms with Crippen LogP contribution in [0.25, 0.3) is 0 Å². The fraction of sp³-hybridized carbons (Fsp3) is 0.625. The molecule has 0 spiro atoms. The van der Waals surface area contributed by atoms with E-state index in [1.165, 1.54) is 5.56 Å². The van der Waals surface area contributed by atoms with E-state index in [1.807, 2.05) is 18.7 Å². The summed E-state index contributed by atoms with van der Waals surface area (Å²) in [6.07, 6.45) is 0.0977. The van der Waals surface area contributed by atoms with Crippen molar-refractivity contribution in [3.05, 3.63) is 34.4 Å². The van der Waals surface area contributed by atoms with E-state index in [0.29, 0.717) is 26.1 Å². The Bertz CT molecular complexity index is 391. The maximum absolute atomic E-state index is 10.4. The number of hydrogen-bond donors (Lipinski definition) is 3. The van der Waals surface area contributed by atoms with Crippen molar-refractivity contribution in [2.75, 3.05) is 32.8 Å². The Kier molecular flexibility index (Phi) is 7.16. The Morgan fingerprint density at radius 2 is 1.45 bits per heavy atom. The number of aryl methyl sites for hydroxylation is 3. The number of hydrogen-bond acceptors (Lipinski definition) is 4. The molecule has 114 valence electrons. The molecule has 1 aromatic carbocycles. The molecule has 20 heavy (non-hydrogen) atoms. The molecule has 0 radical (unpaired) electrons. The van der Waals surface area contributed by atoms with Gasteiger partial charge in [-0.25, -0.2) is 0 Å². The summed E-state index contributed by atoms with van der Waals surface area (Å²) >= 11 is 0. The lowest BCUT2D eigenvalue weighted by molar-refractivity contribution is 0.117. The normalized spacial score (nSPS) is 12.9. The molecule has 0 bridgehead atoms. The molecule has 0 aliphatic heterocycles. The van der Waals surface area contributed by atoms with Gasteiger partial charge in [0.2, 0.25) is 0 Å². The first-order valence-corrected chi connectivity index (χ1v) is 7.19. The van der Waals surface area contributed by atoms with Crippen LogP contribution >= 0.6 is 0 Å². The Morgan fingerprint density at radius 3 is 1.90 bits per heavy atom. The minimum Gasteiger partial charge on any atom is -0.395 e. The third kappa shape index (κ3) is 4.87. The highest BCUT2D eigenvalue weighted by Crippen LogP contribution is 2.25. The van der Waals surface area contributed by atoms with Crippen molar-refractivity contribution < 1.29 is 15.3 Å². The van der Waals surface area contributed by atoms with E-state index in [1.54, 1.807) is 0 Å². The average Bonchev–Trinajstić information content (AvgIpc) is 2.35. The zero-order valence-electron chi connectivity index (χ0n) is 12.8. The van der Waals surface area contributed by atoms with Crippen LogP contribution in [-0.4, -0.2) is 53.1 Å². The highest BCUT2D eigenvalue weighted by Gasteiger charge is 2.15. The highest BCUT2D eigenvalue weighted by atomic mass is 16.3. The van der Waals surface area contributed by atoms with Crippen LogP contribution in [0, 0.1) is 20.8 Å². The highest BCUT2D eigenvalue weighted by molar-refractivity contribution is 5.38. The van der Waals surface area contributed by atoms with Crippen LogP contribution in [0.5, 0.6) is 0 Å². The van der Waals surface area contributed by atoms with Crippen LogP contribution in [0.4, 0.5) is 0 Å². The first kappa shape index (κ1) is 17.1. The SMILES string of the molecule is Cc1cc(C)c(C(O)CCN(CCO)CCO)c(C)c1. The standard InChI is InChI=1S/C16H27NO3/c1-12-10-13(2)16(14(3)11-12)15(20)4-5-17(6-8-18)7-9-19/h10-11,15,18-20H,4-9H2,1-3H3. The van der Waals surface area contributed by atoms with Gasteiger partial charge < -0.3 is 15.3 Å². The molecule has 0 aliphatic rings. The fourth-order valence-electron chi connectivity index (χ4n) is 2.78. The van der Waals surface area contributed by atoms with E-state index in [9.17, 15) is 5.11 Å². The number of nitrogens with zero attached hydrogens (tertiary/aromatic N) is 1. The molecule has 0 heterocycles. The molecule has 0 saturated carbocycles. The van der Waals surface area contributed by atoms with E-state index in [-0.39, 0.29) is 13.2 Å². The number of rotatable bonds is 8. The van der Waals surface area contributed by atoms with Crippen LogP contribution < -0.4 is 0 Å². The molecule has 0 saturated heterocycles. The smallest absolute Gasteiger partial charge is 0.0807 e. The van der Waals surface area contributed by atoms with E-state index >= 15 is 0 Å². The zero-order chi connectivity index (χ0) is 15.1. The van der Waals surface area contributed by atoms with Gasteiger partial charge in [0.25, 0.3) is 0 Å². The predicted octanol–water partition coefficient (Wildman–Crippen LogP) is 1.32. The minimum atomic E-state index is -0.504. The van der Waals surface area contributed by atoms with Crippen molar-refractivity contribution in [1.82, 2.24) is 4.90 Å². The van der Waals surface area contributed by atoms with E-state index in [0.717, 1.165) is 16.7 Å². The van der Waals surface area contributed by atoms with Gasteiger partial charge in [-0.05, 0) is 43.9 Å². The summed E-state index contributed by atoms with van der Waals surface area (Å²) in [6.45, 7) is 7.96. The Labute approximate surface area is 121 Å². The molecule has 1 rings (SSSR count). The second kappa shape index (κ2) is 8.37. The first-order chi connectivity index (χ1) is 9.49. The molecule has 3 N–H and O–H groups in total. The third-order valence-electron chi connectivity index (χ3n) is 3.62. The molecule has 0 amide bonds. The molecule has 4 heteroatoms. The van der Waals surface area contributed by atoms with Crippen molar-refractivity contribution in [2.24, 2.45) is 0 Å². The van der Waals surface area contributed by atoms with Crippen molar-refractivity contribution in [1.29, 1.82) is 0 Å². The number of aliphatic hydroxyl groups is 3. The Hall–Kier alpha value is -0.940. The number of benzene rings is 1. The molecule has 1 unspecified atom stereocenters. The van der Waals surface area contributed by atoms with Crippen LogP contribution in [0.15, 0.2) is 12.1 Å². The van der Waals surface area contributed by atoms with E-state index in [4.69, 9.17) is 10.2 Å². The molecule has 0 aromatic heterocycles. The lowest BCUT2D eigenvalue weighted by Gasteiger charge is -2.23. The molecule has 4 nitrogen and oxygen atoms in total. The second-order valence-corrected chi connectivity index (χ2v) is 5.41.